The van der Waals surface area contributed by atoms with E-state index in [9.17, 15) is 0 Å². The van der Waals surface area contributed by atoms with Gasteiger partial charge in [-0.1, -0.05) is 19.1 Å². The van der Waals surface area contributed by atoms with E-state index in [0.29, 0.717) is 4.99 Å². The van der Waals surface area contributed by atoms with Gasteiger partial charge in [-0.25, -0.2) is 0 Å². The molecule has 104 valence electrons. The van der Waals surface area contributed by atoms with Gasteiger partial charge in [0.2, 0.25) is 0 Å². The molecule has 2 N–H and O–H groups in total. The van der Waals surface area contributed by atoms with Crippen molar-refractivity contribution in [3.63, 3.8) is 0 Å². The van der Waals surface area contributed by atoms with Gasteiger partial charge in [-0.2, -0.15) is 0 Å². The maximum Gasteiger partial charge on any atom is 0.0788 e. The summed E-state index contributed by atoms with van der Waals surface area (Å²) < 4.78 is 5.36. The Hall–Kier alpha value is -0.230. The summed E-state index contributed by atoms with van der Waals surface area (Å²) in [5.41, 5.74) is 5.92. The van der Waals surface area contributed by atoms with Gasteiger partial charge in [0.15, 0.2) is 0 Å². The zero-order valence-corrected chi connectivity index (χ0v) is 12.2. The van der Waals surface area contributed by atoms with Crippen LogP contribution in [-0.4, -0.2) is 67.3 Å². The molecule has 0 aromatic carbocycles. The molecule has 0 atom stereocenters. The number of nitrogens with zero attached hydrogens (tertiary/aromatic N) is 2. The minimum atomic E-state index is 0.0881. The van der Waals surface area contributed by atoms with Crippen molar-refractivity contribution in [2.75, 3.05) is 52.5 Å². The maximum atomic E-state index is 5.83. The molecule has 0 spiro atoms. The Labute approximate surface area is 115 Å². The first-order valence-corrected chi connectivity index (χ1v) is 7.33. The molecule has 5 heteroatoms. The number of hydrogen-bond donors (Lipinski definition) is 1. The normalized spacial score (nSPS) is 26.1. The van der Waals surface area contributed by atoms with Gasteiger partial charge in [0, 0.05) is 31.6 Å². The summed E-state index contributed by atoms with van der Waals surface area (Å²) in [7, 11) is 0. The Bertz CT molecular complexity index is 284. The van der Waals surface area contributed by atoms with Crippen molar-refractivity contribution in [3.05, 3.63) is 0 Å². The second kappa shape index (κ2) is 6.28. The van der Waals surface area contributed by atoms with Crippen LogP contribution >= 0.6 is 12.2 Å². The molecule has 0 aromatic rings. The lowest BCUT2D eigenvalue weighted by molar-refractivity contribution is 0.0308. The number of nitrogens with two attached hydrogens (primary N) is 1. The zero-order chi connectivity index (χ0) is 13.0. The molecule has 18 heavy (non-hydrogen) atoms. The monoisotopic (exact) mass is 271 g/mol. The highest BCUT2D eigenvalue weighted by molar-refractivity contribution is 7.80. The molecular weight excluding hydrogens is 246 g/mol. The van der Waals surface area contributed by atoms with E-state index >= 15 is 0 Å². The molecule has 2 aliphatic rings. The maximum absolute atomic E-state index is 5.83. The van der Waals surface area contributed by atoms with Gasteiger partial charge < -0.3 is 15.4 Å². The quantitative estimate of drug-likeness (QED) is 0.763. The molecule has 0 aliphatic carbocycles. The number of likely N-dealkylation sites (tertiary alicyclic amines) is 1. The third-order valence-corrected chi connectivity index (χ3v) is 4.88. The summed E-state index contributed by atoms with van der Waals surface area (Å²) in [5, 5.41) is 0. The smallest absolute Gasteiger partial charge is 0.0788 e. The first kappa shape index (κ1) is 14.2. The molecule has 2 aliphatic heterocycles. The van der Waals surface area contributed by atoms with Gasteiger partial charge in [-0.05, 0) is 25.9 Å². The molecule has 0 bridgehead atoms. The minimum absolute atomic E-state index is 0.0881. The fraction of sp³-hybridized carbons (Fsp3) is 0.923. The number of rotatable bonds is 4. The van der Waals surface area contributed by atoms with Crippen molar-refractivity contribution >= 4 is 17.2 Å². The number of piperidine rings is 1. The van der Waals surface area contributed by atoms with Gasteiger partial charge in [0.25, 0.3) is 0 Å². The molecule has 0 radical (unpaired) electrons. The average molecular weight is 271 g/mol. The summed E-state index contributed by atoms with van der Waals surface area (Å²) in [6.07, 6.45) is 2.21. The highest BCUT2D eigenvalue weighted by Crippen LogP contribution is 2.30. The summed E-state index contributed by atoms with van der Waals surface area (Å²) in [5.74, 6) is 0. The first-order chi connectivity index (χ1) is 8.60. The van der Waals surface area contributed by atoms with E-state index in [-0.39, 0.29) is 5.41 Å². The molecule has 0 amide bonds. The Morgan fingerprint density at radius 1 is 1.11 bits per heavy atom. The van der Waals surface area contributed by atoms with E-state index in [1.54, 1.807) is 0 Å². The van der Waals surface area contributed by atoms with Crippen LogP contribution in [0.2, 0.25) is 0 Å². The van der Waals surface area contributed by atoms with Crippen molar-refractivity contribution in [2.45, 2.75) is 19.8 Å². The SMILES string of the molecule is CC1(C(N)=S)CCN(CCN2CCOCC2)CC1. The molecule has 2 saturated heterocycles. The Morgan fingerprint density at radius 3 is 2.11 bits per heavy atom. The fourth-order valence-corrected chi connectivity index (χ4v) is 2.83. The molecule has 0 saturated carbocycles. The van der Waals surface area contributed by atoms with E-state index in [1.165, 1.54) is 0 Å². The predicted octanol–water partition coefficient (Wildman–Crippen LogP) is 0.707. The van der Waals surface area contributed by atoms with Gasteiger partial charge in [0.05, 0.1) is 18.2 Å². The molecule has 0 aromatic heterocycles. The van der Waals surface area contributed by atoms with Crippen molar-refractivity contribution in [3.8, 4) is 0 Å². The number of ether oxygens (including phenoxy) is 1. The van der Waals surface area contributed by atoms with E-state index in [0.717, 1.165) is 65.3 Å². The second-order valence-corrected chi connectivity index (χ2v) is 6.16. The average Bonchev–Trinajstić information content (AvgIpc) is 2.39. The van der Waals surface area contributed by atoms with Crippen LogP contribution in [0.5, 0.6) is 0 Å². The number of hydrogen-bond acceptors (Lipinski definition) is 4. The van der Waals surface area contributed by atoms with Crippen LogP contribution in [0.1, 0.15) is 19.8 Å². The van der Waals surface area contributed by atoms with Crippen LogP contribution in [0.25, 0.3) is 0 Å². The van der Waals surface area contributed by atoms with Crippen LogP contribution < -0.4 is 5.73 Å². The van der Waals surface area contributed by atoms with Gasteiger partial charge in [-0.15, -0.1) is 0 Å². The fourth-order valence-electron chi connectivity index (χ4n) is 2.62. The topological polar surface area (TPSA) is 41.7 Å². The summed E-state index contributed by atoms with van der Waals surface area (Å²) in [6, 6.07) is 0. The molecule has 2 heterocycles. The highest BCUT2D eigenvalue weighted by Gasteiger charge is 2.32. The summed E-state index contributed by atoms with van der Waals surface area (Å²) in [4.78, 5) is 5.72. The van der Waals surface area contributed by atoms with E-state index < -0.39 is 0 Å². The van der Waals surface area contributed by atoms with Crippen LogP contribution in [0.4, 0.5) is 0 Å². The van der Waals surface area contributed by atoms with Gasteiger partial charge in [-0.3, -0.25) is 4.90 Å². The number of thiocarbonyl (C=S) groups is 1. The molecule has 4 nitrogen and oxygen atoms in total. The minimum Gasteiger partial charge on any atom is -0.393 e. The lowest BCUT2D eigenvalue weighted by atomic mass is 9.80. The first-order valence-electron chi connectivity index (χ1n) is 6.92. The van der Waals surface area contributed by atoms with E-state index in [4.69, 9.17) is 22.7 Å². The van der Waals surface area contributed by atoms with E-state index in [1.807, 2.05) is 0 Å². The van der Waals surface area contributed by atoms with Crippen LogP contribution in [0.15, 0.2) is 0 Å². The summed E-state index contributed by atoms with van der Waals surface area (Å²) in [6.45, 7) is 10.7. The molecule has 0 unspecified atom stereocenters. The summed E-state index contributed by atoms with van der Waals surface area (Å²) >= 11 is 5.17. The van der Waals surface area contributed by atoms with Gasteiger partial charge in [0.1, 0.15) is 0 Å². The van der Waals surface area contributed by atoms with E-state index in [2.05, 4.69) is 16.7 Å². The van der Waals surface area contributed by atoms with Crippen LogP contribution in [-0.2, 0) is 4.74 Å². The Morgan fingerprint density at radius 2 is 1.61 bits per heavy atom. The standard InChI is InChI=1S/C13H25N3OS/c1-13(12(14)18)2-4-15(5-3-13)6-7-16-8-10-17-11-9-16/h2-11H2,1H3,(H2,14,18). The van der Waals surface area contributed by atoms with Crippen molar-refractivity contribution in [2.24, 2.45) is 11.1 Å². The number of morpholine rings is 1. The predicted molar refractivity (Wildman–Crippen MR) is 77.8 cm³/mol. The second-order valence-electron chi connectivity index (χ2n) is 5.72. The Kier molecular flexibility index (Phi) is 4.95. The third-order valence-electron chi connectivity index (χ3n) is 4.39. The highest BCUT2D eigenvalue weighted by atomic mass is 32.1. The van der Waals surface area contributed by atoms with Crippen molar-refractivity contribution in [1.82, 2.24) is 9.80 Å². The van der Waals surface area contributed by atoms with Crippen LogP contribution in [0, 0.1) is 5.41 Å². The molecular formula is C13H25N3OS. The lowest BCUT2D eigenvalue weighted by Gasteiger charge is -2.39. The van der Waals surface area contributed by atoms with Crippen molar-refractivity contribution < 1.29 is 4.74 Å². The van der Waals surface area contributed by atoms with Gasteiger partial charge >= 0.3 is 0 Å². The van der Waals surface area contributed by atoms with Crippen LogP contribution in [0.3, 0.4) is 0 Å². The zero-order valence-electron chi connectivity index (χ0n) is 11.4. The Balaban J connectivity index is 1.68. The lowest BCUT2D eigenvalue weighted by Crippen LogP contribution is -2.47. The third kappa shape index (κ3) is 3.63. The molecule has 2 rings (SSSR count). The van der Waals surface area contributed by atoms with Crippen molar-refractivity contribution in [1.29, 1.82) is 0 Å². The molecule has 2 fully saturated rings. The largest absolute Gasteiger partial charge is 0.393 e.